The standard InChI is InChI=1S/C14H18ClNOS/c1-10-6-7-11(15)8-13(10)16-14(17)9-18-12-4-2-3-5-12/h6-8,12H,2-5,9H2,1H3,(H,16,17). The van der Waals surface area contributed by atoms with Crippen molar-refractivity contribution >= 4 is 35.0 Å². The Balaban J connectivity index is 1.84. The molecule has 2 rings (SSSR count). The van der Waals surface area contributed by atoms with Crippen LogP contribution in [0.1, 0.15) is 31.2 Å². The zero-order valence-corrected chi connectivity index (χ0v) is 12.1. The van der Waals surface area contributed by atoms with Crippen molar-refractivity contribution in [2.24, 2.45) is 0 Å². The largest absolute Gasteiger partial charge is 0.325 e. The Kier molecular flexibility index (Phi) is 4.95. The lowest BCUT2D eigenvalue weighted by atomic mass is 10.2. The maximum absolute atomic E-state index is 11.9. The van der Waals surface area contributed by atoms with E-state index >= 15 is 0 Å². The van der Waals surface area contributed by atoms with Gasteiger partial charge in [0.25, 0.3) is 0 Å². The molecule has 1 aromatic carbocycles. The Hall–Kier alpha value is -0.670. The Morgan fingerprint density at radius 1 is 1.44 bits per heavy atom. The van der Waals surface area contributed by atoms with Crippen LogP contribution in [0.5, 0.6) is 0 Å². The number of rotatable bonds is 4. The van der Waals surface area contributed by atoms with Crippen molar-refractivity contribution in [3.8, 4) is 0 Å². The summed E-state index contributed by atoms with van der Waals surface area (Å²) in [6, 6.07) is 5.55. The fourth-order valence-corrected chi connectivity index (χ4v) is 3.46. The molecule has 1 aromatic rings. The highest BCUT2D eigenvalue weighted by Gasteiger charge is 2.16. The lowest BCUT2D eigenvalue weighted by Gasteiger charge is -2.11. The molecule has 0 aromatic heterocycles. The number of halogens is 1. The first-order valence-electron chi connectivity index (χ1n) is 6.33. The SMILES string of the molecule is Cc1ccc(Cl)cc1NC(=O)CSC1CCCC1. The predicted octanol–water partition coefficient (Wildman–Crippen LogP) is 4.26. The highest BCUT2D eigenvalue weighted by Crippen LogP contribution is 2.29. The van der Waals surface area contributed by atoms with E-state index in [1.54, 1.807) is 17.8 Å². The molecule has 1 N–H and O–H groups in total. The summed E-state index contributed by atoms with van der Waals surface area (Å²) in [4.78, 5) is 11.9. The van der Waals surface area contributed by atoms with E-state index in [1.807, 2.05) is 19.1 Å². The monoisotopic (exact) mass is 283 g/mol. The van der Waals surface area contributed by atoms with Gasteiger partial charge < -0.3 is 5.32 Å². The number of carbonyl (C=O) groups excluding carboxylic acids is 1. The number of amides is 1. The smallest absolute Gasteiger partial charge is 0.234 e. The van der Waals surface area contributed by atoms with E-state index in [1.165, 1.54) is 25.7 Å². The molecule has 1 saturated carbocycles. The van der Waals surface area contributed by atoms with E-state index in [-0.39, 0.29) is 5.91 Å². The van der Waals surface area contributed by atoms with E-state index in [4.69, 9.17) is 11.6 Å². The first-order chi connectivity index (χ1) is 8.65. The van der Waals surface area contributed by atoms with Crippen molar-refractivity contribution < 1.29 is 4.79 Å². The normalized spacial score (nSPS) is 15.9. The van der Waals surface area contributed by atoms with Crippen molar-refractivity contribution in [2.75, 3.05) is 11.1 Å². The van der Waals surface area contributed by atoms with Gasteiger partial charge in [-0.15, -0.1) is 11.8 Å². The number of hydrogen-bond acceptors (Lipinski definition) is 2. The molecule has 0 unspecified atom stereocenters. The molecule has 0 radical (unpaired) electrons. The van der Waals surface area contributed by atoms with Crippen LogP contribution in [0.25, 0.3) is 0 Å². The number of thioether (sulfide) groups is 1. The highest BCUT2D eigenvalue weighted by molar-refractivity contribution is 8.00. The molecule has 98 valence electrons. The van der Waals surface area contributed by atoms with Gasteiger partial charge in [0.05, 0.1) is 5.75 Å². The number of carbonyl (C=O) groups is 1. The van der Waals surface area contributed by atoms with Crippen molar-refractivity contribution in [1.29, 1.82) is 0 Å². The van der Waals surface area contributed by atoms with Crippen LogP contribution in [-0.4, -0.2) is 16.9 Å². The Bertz CT molecular complexity index is 430. The van der Waals surface area contributed by atoms with Crippen LogP contribution in [0.4, 0.5) is 5.69 Å². The molecule has 0 heterocycles. The average Bonchev–Trinajstić information content (AvgIpc) is 2.84. The Morgan fingerprint density at radius 3 is 2.89 bits per heavy atom. The number of anilines is 1. The molecule has 1 aliphatic carbocycles. The molecule has 0 bridgehead atoms. The molecule has 1 aliphatic rings. The van der Waals surface area contributed by atoms with Crippen LogP contribution in [0.15, 0.2) is 18.2 Å². The summed E-state index contributed by atoms with van der Waals surface area (Å²) in [7, 11) is 0. The first kappa shape index (κ1) is 13.8. The molecule has 0 spiro atoms. The molecular weight excluding hydrogens is 266 g/mol. The van der Waals surface area contributed by atoms with Crippen LogP contribution in [0.3, 0.4) is 0 Å². The number of nitrogens with one attached hydrogen (secondary N) is 1. The van der Waals surface area contributed by atoms with Crippen molar-refractivity contribution in [1.82, 2.24) is 0 Å². The maximum Gasteiger partial charge on any atom is 0.234 e. The quantitative estimate of drug-likeness (QED) is 0.894. The molecule has 0 saturated heterocycles. The van der Waals surface area contributed by atoms with Crippen LogP contribution < -0.4 is 5.32 Å². The van der Waals surface area contributed by atoms with Gasteiger partial charge in [-0.3, -0.25) is 4.79 Å². The van der Waals surface area contributed by atoms with Crippen molar-refractivity contribution in [3.05, 3.63) is 28.8 Å². The molecule has 1 fully saturated rings. The second-order valence-corrected chi connectivity index (χ2v) is 6.45. The third-order valence-electron chi connectivity index (χ3n) is 3.23. The summed E-state index contributed by atoms with van der Waals surface area (Å²) < 4.78 is 0. The Labute approximate surface area is 117 Å². The molecule has 0 aliphatic heterocycles. The highest BCUT2D eigenvalue weighted by atomic mass is 35.5. The first-order valence-corrected chi connectivity index (χ1v) is 7.75. The zero-order valence-electron chi connectivity index (χ0n) is 10.5. The van der Waals surface area contributed by atoms with Gasteiger partial charge in [-0.25, -0.2) is 0 Å². The Morgan fingerprint density at radius 2 is 2.17 bits per heavy atom. The number of hydrogen-bond donors (Lipinski definition) is 1. The van der Waals surface area contributed by atoms with Crippen LogP contribution in [-0.2, 0) is 4.79 Å². The number of benzene rings is 1. The van der Waals surface area contributed by atoms with E-state index in [2.05, 4.69) is 5.32 Å². The minimum absolute atomic E-state index is 0.0669. The maximum atomic E-state index is 11.9. The zero-order chi connectivity index (χ0) is 13.0. The van der Waals surface area contributed by atoms with Gasteiger partial charge in [-0.05, 0) is 37.5 Å². The minimum atomic E-state index is 0.0669. The molecule has 2 nitrogen and oxygen atoms in total. The van der Waals surface area contributed by atoms with E-state index in [9.17, 15) is 4.79 Å². The molecule has 0 atom stereocenters. The van der Waals surface area contributed by atoms with Gasteiger partial charge in [-0.1, -0.05) is 30.5 Å². The van der Waals surface area contributed by atoms with Crippen LogP contribution in [0, 0.1) is 6.92 Å². The molecule has 1 amide bonds. The fraction of sp³-hybridized carbons (Fsp3) is 0.500. The fourth-order valence-electron chi connectivity index (χ4n) is 2.16. The topological polar surface area (TPSA) is 29.1 Å². The third kappa shape index (κ3) is 3.92. The molecule has 18 heavy (non-hydrogen) atoms. The van der Waals surface area contributed by atoms with Gasteiger partial charge in [0.2, 0.25) is 5.91 Å². The summed E-state index contributed by atoms with van der Waals surface area (Å²) in [6.45, 7) is 1.97. The summed E-state index contributed by atoms with van der Waals surface area (Å²) in [5.74, 6) is 0.605. The third-order valence-corrected chi connectivity index (χ3v) is 4.83. The summed E-state index contributed by atoms with van der Waals surface area (Å²) >= 11 is 7.70. The number of aryl methyl sites for hydroxylation is 1. The lowest BCUT2D eigenvalue weighted by molar-refractivity contribution is -0.113. The van der Waals surface area contributed by atoms with Crippen molar-refractivity contribution in [2.45, 2.75) is 37.9 Å². The average molecular weight is 284 g/mol. The van der Waals surface area contributed by atoms with Gasteiger partial charge in [0.15, 0.2) is 0 Å². The van der Waals surface area contributed by atoms with Crippen LogP contribution >= 0.6 is 23.4 Å². The van der Waals surface area contributed by atoms with Crippen LogP contribution in [0.2, 0.25) is 5.02 Å². The molecule has 4 heteroatoms. The summed E-state index contributed by atoms with van der Waals surface area (Å²) in [5.41, 5.74) is 1.86. The predicted molar refractivity (Wildman–Crippen MR) is 79.5 cm³/mol. The van der Waals surface area contributed by atoms with E-state index < -0.39 is 0 Å². The summed E-state index contributed by atoms with van der Waals surface area (Å²) in [5, 5.41) is 4.26. The van der Waals surface area contributed by atoms with Gasteiger partial charge in [0.1, 0.15) is 0 Å². The second-order valence-electron chi connectivity index (χ2n) is 4.72. The van der Waals surface area contributed by atoms with E-state index in [0.29, 0.717) is 16.0 Å². The second kappa shape index (κ2) is 6.48. The van der Waals surface area contributed by atoms with Gasteiger partial charge in [0, 0.05) is 16.0 Å². The van der Waals surface area contributed by atoms with Gasteiger partial charge in [-0.2, -0.15) is 0 Å². The summed E-state index contributed by atoms with van der Waals surface area (Å²) in [6.07, 6.45) is 5.14. The van der Waals surface area contributed by atoms with E-state index in [0.717, 1.165) is 11.3 Å². The molecular formula is C14H18ClNOS. The minimum Gasteiger partial charge on any atom is -0.325 e. The lowest BCUT2D eigenvalue weighted by Crippen LogP contribution is -2.16. The van der Waals surface area contributed by atoms with Gasteiger partial charge >= 0.3 is 0 Å². The van der Waals surface area contributed by atoms with Crippen molar-refractivity contribution in [3.63, 3.8) is 0 Å².